The number of nitrogen functional groups attached to an aromatic ring is 1. The number of halogens is 1. The van der Waals surface area contributed by atoms with E-state index < -0.39 is 0 Å². The second-order valence-electron chi connectivity index (χ2n) is 3.57. The Kier molecular flexibility index (Phi) is 3.44. The largest absolute Gasteiger partial charge is 0.383 e. The van der Waals surface area contributed by atoms with E-state index in [1.54, 1.807) is 0 Å². The first-order valence-electron chi connectivity index (χ1n) is 5.32. The Morgan fingerprint density at radius 1 is 1.35 bits per heavy atom. The maximum atomic E-state index is 5.92. The van der Waals surface area contributed by atoms with Crippen molar-refractivity contribution >= 4 is 28.9 Å². The predicted octanol–water partition coefficient (Wildman–Crippen LogP) is 3.02. The molecule has 0 atom stereocenters. The fourth-order valence-corrected chi connectivity index (χ4v) is 1.78. The summed E-state index contributed by atoms with van der Waals surface area (Å²) in [5.41, 5.74) is 7.59. The topological polar surface area (TPSA) is 63.8 Å². The van der Waals surface area contributed by atoms with E-state index in [0.717, 1.165) is 23.5 Å². The maximum Gasteiger partial charge on any atom is 0.139 e. The molecule has 2 rings (SSSR count). The van der Waals surface area contributed by atoms with Crippen LogP contribution in [-0.4, -0.2) is 9.97 Å². The zero-order valence-corrected chi connectivity index (χ0v) is 10.2. The van der Waals surface area contributed by atoms with Crippen molar-refractivity contribution in [1.29, 1.82) is 0 Å². The van der Waals surface area contributed by atoms with Crippen molar-refractivity contribution in [3.63, 3.8) is 0 Å². The van der Waals surface area contributed by atoms with Gasteiger partial charge in [-0.25, -0.2) is 9.97 Å². The van der Waals surface area contributed by atoms with Gasteiger partial charge in [0, 0.05) is 16.3 Å². The van der Waals surface area contributed by atoms with E-state index in [1.807, 2.05) is 31.2 Å². The van der Waals surface area contributed by atoms with E-state index in [4.69, 9.17) is 17.3 Å². The van der Waals surface area contributed by atoms with Gasteiger partial charge in [0.25, 0.3) is 0 Å². The summed E-state index contributed by atoms with van der Waals surface area (Å²) in [4.78, 5) is 8.16. The number of nitrogens with one attached hydrogen (secondary N) is 1. The minimum absolute atomic E-state index is 0.507. The van der Waals surface area contributed by atoms with Gasteiger partial charge in [0.15, 0.2) is 0 Å². The van der Waals surface area contributed by atoms with Crippen LogP contribution in [0.3, 0.4) is 0 Å². The minimum atomic E-state index is 0.507. The molecule has 0 aliphatic rings. The van der Waals surface area contributed by atoms with E-state index in [0.29, 0.717) is 10.8 Å². The Morgan fingerprint density at radius 3 is 2.88 bits per heavy atom. The standard InChI is InChI=1S/C12H13ClN4/c1-2-10-11(14)15-7-16-12(10)17-9-5-3-4-8(13)6-9/h3-7H,2H2,1H3,(H3,14,15,16,17). The number of benzene rings is 1. The van der Waals surface area contributed by atoms with Gasteiger partial charge in [-0.1, -0.05) is 24.6 Å². The SMILES string of the molecule is CCc1c(N)ncnc1Nc1cccc(Cl)c1. The van der Waals surface area contributed by atoms with Crippen molar-refractivity contribution in [3.8, 4) is 0 Å². The van der Waals surface area contributed by atoms with Crippen LogP contribution in [0.25, 0.3) is 0 Å². The normalized spacial score (nSPS) is 10.2. The van der Waals surface area contributed by atoms with Gasteiger partial charge in [0.1, 0.15) is 18.0 Å². The van der Waals surface area contributed by atoms with Crippen LogP contribution in [-0.2, 0) is 6.42 Å². The van der Waals surface area contributed by atoms with Crippen LogP contribution >= 0.6 is 11.6 Å². The first kappa shape index (κ1) is 11.7. The lowest BCUT2D eigenvalue weighted by molar-refractivity contribution is 1.06. The quantitative estimate of drug-likeness (QED) is 0.876. The van der Waals surface area contributed by atoms with E-state index in [1.165, 1.54) is 6.33 Å². The summed E-state index contributed by atoms with van der Waals surface area (Å²) in [6, 6.07) is 7.45. The average Bonchev–Trinajstić information content (AvgIpc) is 2.29. The molecule has 0 aliphatic heterocycles. The van der Waals surface area contributed by atoms with Gasteiger partial charge in [0.05, 0.1) is 0 Å². The van der Waals surface area contributed by atoms with Crippen molar-refractivity contribution in [1.82, 2.24) is 9.97 Å². The Labute approximate surface area is 105 Å². The summed E-state index contributed by atoms with van der Waals surface area (Å²) in [5, 5.41) is 3.87. The summed E-state index contributed by atoms with van der Waals surface area (Å²) in [5.74, 6) is 1.23. The number of anilines is 3. The van der Waals surface area contributed by atoms with E-state index in [2.05, 4.69) is 15.3 Å². The highest BCUT2D eigenvalue weighted by Gasteiger charge is 2.07. The highest BCUT2D eigenvalue weighted by atomic mass is 35.5. The molecule has 1 aromatic heterocycles. The van der Waals surface area contributed by atoms with Gasteiger partial charge in [0.2, 0.25) is 0 Å². The summed E-state index contributed by atoms with van der Waals surface area (Å²) in [6.45, 7) is 2.01. The molecule has 0 bridgehead atoms. The Bertz CT molecular complexity index is 528. The molecule has 1 heterocycles. The molecule has 2 aromatic rings. The van der Waals surface area contributed by atoms with E-state index >= 15 is 0 Å². The predicted molar refractivity (Wildman–Crippen MR) is 70.6 cm³/mol. The van der Waals surface area contributed by atoms with Gasteiger partial charge < -0.3 is 11.1 Å². The average molecular weight is 249 g/mol. The maximum absolute atomic E-state index is 5.92. The summed E-state index contributed by atoms with van der Waals surface area (Å²) in [6.07, 6.45) is 2.22. The lowest BCUT2D eigenvalue weighted by Crippen LogP contribution is -2.04. The molecule has 3 N–H and O–H groups in total. The molecule has 4 nitrogen and oxygen atoms in total. The van der Waals surface area contributed by atoms with Gasteiger partial charge in [-0.05, 0) is 24.6 Å². The molecule has 0 spiro atoms. The fourth-order valence-electron chi connectivity index (χ4n) is 1.59. The molecule has 0 unspecified atom stereocenters. The molecule has 17 heavy (non-hydrogen) atoms. The van der Waals surface area contributed by atoms with E-state index in [9.17, 15) is 0 Å². The third-order valence-electron chi connectivity index (χ3n) is 2.42. The monoisotopic (exact) mass is 248 g/mol. The summed E-state index contributed by atoms with van der Waals surface area (Å²) in [7, 11) is 0. The molecule has 5 heteroatoms. The van der Waals surface area contributed by atoms with Crippen LogP contribution in [0.4, 0.5) is 17.3 Å². The van der Waals surface area contributed by atoms with Crippen LogP contribution in [0.1, 0.15) is 12.5 Å². The second-order valence-corrected chi connectivity index (χ2v) is 4.01. The van der Waals surface area contributed by atoms with Crippen molar-refractivity contribution in [2.45, 2.75) is 13.3 Å². The molecule has 0 fully saturated rings. The number of rotatable bonds is 3. The van der Waals surface area contributed by atoms with Crippen LogP contribution in [0.2, 0.25) is 5.02 Å². The van der Waals surface area contributed by atoms with E-state index in [-0.39, 0.29) is 0 Å². The second kappa shape index (κ2) is 5.01. The first-order chi connectivity index (χ1) is 8.20. The fraction of sp³-hybridized carbons (Fsp3) is 0.167. The molecule has 0 saturated heterocycles. The molecule has 88 valence electrons. The smallest absolute Gasteiger partial charge is 0.139 e. The zero-order chi connectivity index (χ0) is 12.3. The summed E-state index contributed by atoms with van der Waals surface area (Å²) < 4.78 is 0. The molecule has 0 saturated carbocycles. The Hall–Kier alpha value is -1.81. The number of aromatic nitrogens is 2. The summed E-state index contributed by atoms with van der Waals surface area (Å²) >= 11 is 5.92. The Morgan fingerprint density at radius 2 is 2.18 bits per heavy atom. The van der Waals surface area contributed by atoms with Crippen LogP contribution in [0, 0.1) is 0 Å². The van der Waals surface area contributed by atoms with Crippen molar-refractivity contribution < 1.29 is 0 Å². The van der Waals surface area contributed by atoms with Crippen molar-refractivity contribution in [2.24, 2.45) is 0 Å². The Balaban J connectivity index is 2.33. The number of nitrogens with zero attached hydrogens (tertiary/aromatic N) is 2. The van der Waals surface area contributed by atoms with Crippen LogP contribution in [0.5, 0.6) is 0 Å². The first-order valence-corrected chi connectivity index (χ1v) is 5.70. The van der Waals surface area contributed by atoms with Gasteiger partial charge in [-0.2, -0.15) is 0 Å². The molecular formula is C12H13ClN4. The van der Waals surface area contributed by atoms with Crippen molar-refractivity contribution in [2.75, 3.05) is 11.1 Å². The van der Waals surface area contributed by atoms with Crippen LogP contribution < -0.4 is 11.1 Å². The molecule has 1 aromatic carbocycles. The van der Waals surface area contributed by atoms with Gasteiger partial charge in [-0.15, -0.1) is 0 Å². The van der Waals surface area contributed by atoms with Gasteiger partial charge in [-0.3, -0.25) is 0 Å². The molecule has 0 amide bonds. The van der Waals surface area contributed by atoms with Crippen LogP contribution in [0.15, 0.2) is 30.6 Å². The third kappa shape index (κ3) is 2.65. The number of hydrogen-bond acceptors (Lipinski definition) is 4. The molecular weight excluding hydrogens is 236 g/mol. The minimum Gasteiger partial charge on any atom is -0.383 e. The highest BCUT2D eigenvalue weighted by Crippen LogP contribution is 2.23. The molecule has 0 radical (unpaired) electrons. The lowest BCUT2D eigenvalue weighted by Gasteiger charge is -2.11. The zero-order valence-electron chi connectivity index (χ0n) is 9.44. The molecule has 0 aliphatic carbocycles. The highest BCUT2D eigenvalue weighted by molar-refractivity contribution is 6.30. The van der Waals surface area contributed by atoms with Crippen molar-refractivity contribution in [3.05, 3.63) is 41.2 Å². The van der Waals surface area contributed by atoms with Gasteiger partial charge >= 0.3 is 0 Å². The lowest BCUT2D eigenvalue weighted by atomic mass is 10.2. The number of nitrogens with two attached hydrogens (primary N) is 1. The third-order valence-corrected chi connectivity index (χ3v) is 2.65. The number of hydrogen-bond donors (Lipinski definition) is 2.